The lowest BCUT2D eigenvalue weighted by Crippen LogP contribution is -2.18. The Morgan fingerprint density at radius 2 is 1.86 bits per heavy atom. The number of aryl methyl sites for hydroxylation is 1. The molecule has 0 atom stereocenters. The molecule has 0 unspecified atom stereocenters. The van der Waals surface area contributed by atoms with Crippen molar-refractivity contribution in [2.24, 2.45) is 5.73 Å². The number of nitrogens with two attached hydrogens (primary N) is 1. The van der Waals surface area contributed by atoms with E-state index in [0.717, 1.165) is 42.1 Å². The molecule has 0 aliphatic rings. The fourth-order valence-electron chi connectivity index (χ4n) is 2.37. The molecule has 1 aromatic heterocycles. The molecule has 112 valence electrons. The van der Waals surface area contributed by atoms with Gasteiger partial charge in [-0.2, -0.15) is 0 Å². The number of anilines is 2. The maximum absolute atomic E-state index is 13.1. The van der Waals surface area contributed by atoms with Crippen molar-refractivity contribution in [2.75, 3.05) is 11.4 Å². The van der Waals surface area contributed by atoms with Crippen LogP contribution < -0.4 is 10.6 Å². The van der Waals surface area contributed by atoms with Crippen molar-refractivity contribution in [1.82, 2.24) is 4.98 Å². The van der Waals surface area contributed by atoms with Crippen molar-refractivity contribution in [1.29, 1.82) is 0 Å². The standard InChI is InChI=1S/C17H22FN3/c1-3-5-15-10-13(12-19)11-17(20-15)21(4-2)16-8-6-14(18)7-9-16/h6-11H,3-5,12,19H2,1-2H3. The van der Waals surface area contributed by atoms with Gasteiger partial charge in [-0.3, -0.25) is 0 Å². The van der Waals surface area contributed by atoms with E-state index < -0.39 is 0 Å². The van der Waals surface area contributed by atoms with E-state index in [9.17, 15) is 4.39 Å². The predicted molar refractivity (Wildman–Crippen MR) is 85.2 cm³/mol. The third-order valence-corrected chi connectivity index (χ3v) is 3.40. The lowest BCUT2D eigenvalue weighted by Gasteiger charge is -2.23. The fraction of sp³-hybridized carbons (Fsp3) is 0.353. The predicted octanol–water partition coefficient (Wildman–Crippen LogP) is 3.79. The van der Waals surface area contributed by atoms with Crippen LogP contribution >= 0.6 is 0 Å². The van der Waals surface area contributed by atoms with Crippen molar-refractivity contribution in [2.45, 2.75) is 33.2 Å². The minimum Gasteiger partial charge on any atom is -0.327 e. The van der Waals surface area contributed by atoms with Crippen molar-refractivity contribution >= 4 is 11.5 Å². The van der Waals surface area contributed by atoms with Crippen LogP contribution in [0.3, 0.4) is 0 Å². The van der Waals surface area contributed by atoms with E-state index in [1.54, 1.807) is 12.1 Å². The number of benzene rings is 1. The van der Waals surface area contributed by atoms with Gasteiger partial charge in [0.25, 0.3) is 0 Å². The van der Waals surface area contributed by atoms with Crippen molar-refractivity contribution in [3.63, 3.8) is 0 Å². The van der Waals surface area contributed by atoms with Gasteiger partial charge in [-0.05, 0) is 55.3 Å². The topological polar surface area (TPSA) is 42.1 Å². The molecule has 2 rings (SSSR count). The molecule has 21 heavy (non-hydrogen) atoms. The lowest BCUT2D eigenvalue weighted by molar-refractivity contribution is 0.627. The normalized spacial score (nSPS) is 10.7. The van der Waals surface area contributed by atoms with Crippen LogP contribution in [0.2, 0.25) is 0 Å². The van der Waals surface area contributed by atoms with Gasteiger partial charge < -0.3 is 10.6 Å². The smallest absolute Gasteiger partial charge is 0.133 e. The number of nitrogens with zero attached hydrogens (tertiary/aromatic N) is 2. The van der Waals surface area contributed by atoms with Crippen LogP contribution in [0.5, 0.6) is 0 Å². The Balaban J connectivity index is 2.40. The molecular formula is C17H22FN3. The molecule has 0 aliphatic carbocycles. The summed E-state index contributed by atoms with van der Waals surface area (Å²) in [7, 11) is 0. The van der Waals surface area contributed by atoms with Crippen LogP contribution in [0.4, 0.5) is 15.9 Å². The van der Waals surface area contributed by atoms with Crippen molar-refractivity contribution in [3.8, 4) is 0 Å². The quantitative estimate of drug-likeness (QED) is 0.879. The molecular weight excluding hydrogens is 265 g/mol. The zero-order valence-corrected chi connectivity index (χ0v) is 12.6. The van der Waals surface area contributed by atoms with Gasteiger partial charge in [0.05, 0.1) is 0 Å². The van der Waals surface area contributed by atoms with Gasteiger partial charge in [-0.1, -0.05) is 13.3 Å². The minimum absolute atomic E-state index is 0.231. The maximum Gasteiger partial charge on any atom is 0.133 e. The summed E-state index contributed by atoms with van der Waals surface area (Å²) in [5, 5.41) is 0. The first-order chi connectivity index (χ1) is 10.2. The Kier molecular flexibility index (Phi) is 5.28. The molecule has 2 N–H and O–H groups in total. The largest absolute Gasteiger partial charge is 0.327 e. The number of hydrogen-bond donors (Lipinski definition) is 1. The molecule has 0 bridgehead atoms. The highest BCUT2D eigenvalue weighted by atomic mass is 19.1. The molecule has 0 radical (unpaired) electrons. The van der Waals surface area contributed by atoms with Gasteiger partial charge in [-0.25, -0.2) is 9.37 Å². The molecule has 1 aromatic carbocycles. The van der Waals surface area contributed by atoms with Gasteiger partial charge in [0, 0.05) is 24.5 Å². The number of aromatic nitrogens is 1. The molecule has 0 aliphatic heterocycles. The second-order valence-electron chi connectivity index (χ2n) is 5.00. The Labute approximate surface area is 125 Å². The van der Waals surface area contributed by atoms with Gasteiger partial charge >= 0.3 is 0 Å². The van der Waals surface area contributed by atoms with Crippen molar-refractivity contribution < 1.29 is 4.39 Å². The van der Waals surface area contributed by atoms with E-state index in [0.29, 0.717) is 6.54 Å². The molecule has 1 heterocycles. The van der Waals surface area contributed by atoms with Crippen molar-refractivity contribution in [3.05, 3.63) is 53.5 Å². The van der Waals surface area contributed by atoms with Crippen LogP contribution in [0.25, 0.3) is 0 Å². The summed E-state index contributed by atoms with van der Waals surface area (Å²) in [4.78, 5) is 6.78. The van der Waals surface area contributed by atoms with Gasteiger partial charge in [-0.15, -0.1) is 0 Å². The summed E-state index contributed by atoms with van der Waals surface area (Å²) < 4.78 is 13.1. The number of pyridine rings is 1. The summed E-state index contributed by atoms with van der Waals surface area (Å²) >= 11 is 0. The van der Waals surface area contributed by atoms with Crippen LogP contribution in [0.15, 0.2) is 36.4 Å². The second kappa shape index (κ2) is 7.18. The Hall–Kier alpha value is -1.94. The second-order valence-corrected chi connectivity index (χ2v) is 5.00. The van der Waals surface area contributed by atoms with E-state index in [2.05, 4.69) is 24.8 Å². The first kappa shape index (κ1) is 15.4. The molecule has 0 saturated carbocycles. The van der Waals surface area contributed by atoms with Crippen LogP contribution in [0, 0.1) is 5.82 Å². The van der Waals surface area contributed by atoms with Gasteiger partial charge in [0.1, 0.15) is 11.6 Å². The van der Waals surface area contributed by atoms with E-state index in [1.165, 1.54) is 12.1 Å². The highest BCUT2D eigenvalue weighted by molar-refractivity contribution is 5.60. The van der Waals surface area contributed by atoms with E-state index >= 15 is 0 Å². The SMILES string of the molecule is CCCc1cc(CN)cc(N(CC)c2ccc(F)cc2)n1. The van der Waals surface area contributed by atoms with Crippen LogP contribution in [-0.2, 0) is 13.0 Å². The third kappa shape index (κ3) is 3.79. The number of hydrogen-bond acceptors (Lipinski definition) is 3. The van der Waals surface area contributed by atoms with Crippen LogP contribution in [-0.4, -0.2) is 11.5 Å². The zero-order valence-electron chi connectivity index (χ0n) is 12.6. The molecule has 2 aromatic rings. The summed E-state index contributed by atoms with van der Waals surface area (Å²) in [6, 6.07) is 10.6. The first-order valence-corrected chi connectivity index (χ1v) is 7.41. The zero-order chi connectivity index (χ0) is 15.2. The Morgan fingerprint density at radius 1 is 1.14 bits per heavy atom. The highest BCUT2D eigenvalue weighted by Crippen LogP contribution is 2.25. The fourth-order valence-corrected chi connectivity index (χ4v) is 2.37. The maximum atomic E-state index is 13.1. The first-order valence-electron chi connectivity index (χ1n) is 7.41. The van der Waals surface area contributed by atoms with E-state index in [-0.39, 0.29) is 5.82 Å². The summed E-state index contributed by atoms with van der Waals surface area (Å²) in [6.45, 7) is 5.44. The molecule has 0 fully saturated rings. The highest BCUT2D eigenvalue weighted by Gasteiger charge is 2.11. The van der Waals surface area contributed by atoms with Gasteiger partial charge in [0.15, 0.2) is 0 Å². The summed E-state index contributed by atoms with van der Waals surface area (Å²) in [6.07, 6.45) is 1.98. The lowest BCUT2D eigenvalue weighted by atomic mass is 10.1. The Bertz CT molecular complexity index is 581. The number of halogens is 1. The third-order valence-electron chi connectivity index (χ3n) is 3.40. The summed E-state index contributed by atoms with van der Waals surface area (Å²) in [5.74, 6) is 0.639. The molecule has 4 heteroatoms. The van der Waals surface area contributed by atoms with Crippen LogP contribution in [0.1, 0.15) is 31.5 Å². The molecule has 0 amide bonds. The minimum atomic E-state index is -0.231. The average molecular weight is 287 g/mol. The van der Waals surface area contributed by atoms with E-state index in [1.807, 2.05) is 6.07 Å². The molecule has 0 saturated heterocycles. The number of rotatable bonds is 6. The molecule has 3 nitrogen and oxygen atoms in total. The van der Waals surface area contributed by atoms with E-state index in [4.69, 9.17) is 10.7 Å². The Morgan fingerprint density at radius 3 is 2.43 bits per heavy atom. The van der Waals surface area contributed by atoms with Gasteiger partial charge in [0.2, 0.25) is 0 Å². The monoisotopic (exact) mass is 287 g/mol. The molecule has 0 spiro atoms. The average Bonchev–Trinajstić information content (AvgIpc) is 2.50. The summed E-state index contributed by atoms with van der Waals surface area (Å²) in [5.41, 5.74) is 8.85.